The van der Waals surface area contributed by atoms with Crippen LogP contribution in [-0.2, 0) is 4.79 Å². The average molecular weight is 265 g/mol. The number of fused-ring (bicyclic) bond motifs is 1. The number of nitrogens with one attached hydrogen (secondary N) is 1. The standard InChI is InChI=1S/C15H11N3O2/c19-13-11-5-3-9-17-14(11)18-15(20)12(13)7-6-10-4-1-2-8-16-10/h1-9,12H,(H,17,18,20)/b7-6+. The number of nitrogens with zero attached hydrogens (tertiary/aromatic N) is 2. The zero-order valence-corrected chi connectivity index (χ0v) is 10.5. The van der Waals surface area contributed by atoms with Crippen LogP contribution < -0.4 is 5.32 Å². The molecule has 0 fully saturated rings. The van der Waals surface area contributed by atoms with E-state index in [0.717, 1.165) is 0 Å². The lowest BCUT2D eigenvalue weighted by Crippen LogP contribution is -2.34. The second-order valence-corrected chi connectivity index (χ2v) is 4.34. The van der Waals surface area contributed by atoms with Gasteiger partial charge >= 0.3 is 0 Å². The lowest BCUT2D eigenvalue weighted by atomic mass is 9.93. The lowest BCUT2D eigenvalue weighted by Gasteiger charge is -2.19. The largest absolute Gasteiger partial charge is 0.309 e. The van der Waals surface area contributed by atoms with Crippen LogP contribution in [0.2, 0.25) is 0 Å². The van der Waals surface area contributed by atoms with Crippen LogP contribution in [0.5, 0.6) is 0 Å². The van der Waals surface area contributed by atoms with Crippen LogP contribution in [0.3, 0.4) is 0 Å². The predicted octanol–water partition coefficient (Wildman–Crippen LogP) is 1.94. The molecule has 0 saturated carbocycles. The summed E-state index contributed by atoms with van der Waals surface area (Å²) in [4.78, 5) is 32.3. The monoisotopic (exact) mass is 265 g/mol. The van der Waals surface area contributed by atoms with Crippen molar-refractivity contribution in [3.05, 3.63) is 60.1 Å². The first-order valence-electron chi connectivity index (χ1n) is 6.15. The van der Waals surface area contributed by atoms with Crippen LogP contribution in [0.4, 0.5) is 5.82 Å². The van der Waals surface area contributed by atoms with Crippen molar-refractivity contribution >= 4 is 23.6 Å². The number of aromatic nitrogens is 2. The molecule has 1 unspecified atom stereocenters. The Morgan fingerprint density at radius 3 is 2.70 bits per heavy atom. The van der Waals surface area contributed by atoms with Crippen LogP contribution >= 0.6 is 0 Å². The molecule has 5 heteroatoms. The highest BCUT2D eigenvalue weighted by atomic mass is 16.2. The molecular weight excluding hydrogens is 254 g/mol. The molecular formula is C15H11N3O2. The summed E-state index contributed by atoms with van der Waals surface area (Å²) >= 11 is 0. The van der Waals surface area contributed by atoms with Crippen molar-refractivity contribution < 1.29 is 9.59 Å². The van der Waals surface area contributed by atoms with Crippen LogP contribution in [0, 0.1) is 5.92 Å². The molecule has 0 bridgehead atoms. The Hall–Kier alpha value is -2.82. The maximum Gasteiger partial charge on any atom is 0.240 e. The summed E-state index contributed by atoms with van der Waals surface area (Å²) in [6.45, 7) is 0. The second kappa shape index (κ2) is 5.05. The van der Waals surface area contributed by atoms with E-state index in [1.807, 2.05) is 6.07 Å². The summed E-state index contributed by atoms with van der Waals surface area (Å²) in [6, 6.07) is 8.78. The van der Waals surface area contributed by atoms with Gasteiger partial charge in [-0.15, -0.1) is 0 Å². The van der Waals surface area contributed by atoms with Crippen LogP contribution in [-0.4, -0.2) is 21.7 Å². The fourth-order valence-corrected chi connectivity index (χ4v) is 2.03. The Kier molecular flexibility index (Phi) is 3.09. The normalized spacial score (nSPS) is 17.9. The number of pyridine rings is 2. The summed E-state index contributed by atoms with van der Waals surface area (Å²) in [6.07, 6.45) is 6.43. The molecule has 3 heterocycles. The lowest BCUT2D eigenvalue weighted by molar-refractivity contribution is -0.117. The molecule has 1 amide bonds. The van der Waals surface area contributed by atoms with E-state index < -0.39 is 5.92 Å². The van der Waals surface area contributed by atoms with E-state index in [0.29, 0.717) is 17.1 Å². The summed E-state index contributed by atoms with van der Waals surface area (Å²) < 4.78 is 0. The van der Waals surface area contributed by atoms with Gasteiger partial charge in [0.05, 0.1) is 11.3 Å². The van der Waals surface area contributed by atoms with Gasteiger partial charge in [-0.2, -0.15) is 0 Å². The Balaban J connectivity index is 1.90. The van der Waals surface area contributed by atoms with Crippen molar-refractivity contribution in [2.24, 2.45) is 5.92 Å². The first-order chi connectivity index (χ1) is 9.75. The SMILES string of the molecule is O=C1Nc2ncccc2C(=O)C1/C=C/c1ccccn1. The third-order valence-electron chi connectivity index (χ3n) is 3.03. The number of hydrogen-bond donors (Lipinski definition) is 1. The Labute approximate surface area is 115 Å². The third kappa shape index (κ3) is 2.21. The Bertz CT molecular complexity index is 695. The number of hydrogen-bond acceptors (Lipinski definition) is 4. The van der Waals surface area contributed by atoms with Crippen molar-refractivity contribution in [2.75, 3.05) is 5.32 Å². The van der Waals surface area contributed by atoms with Gasteiger partial charge in [0.25, 0.3) is 0 Å². The predicted molar refractivity (Wildman–Crippen MR) is 74.0 cm³/mol. The molecule has 3 rings (SSSR count). The van der Waals surface area contributed by atoms with Gasteiger partial charge in [-0.05, 0) is 30.3 Å². The van der Waals surface area contributed by atoms with E-state index >= 15 is 0 Å². The molecule has 2 aromatic rings. The smallest absolute Gasteiger partial charge is 0.240 e. The molecule has 1 N–H and O–H groups in total. The topological polar surface area (TPSA) is 72.0 Å². The maximum atomic E-state index is 12.3. The van der Waals surface area contributed by atoms with Crippen LogP contribution in [0.15, 0.2) is 48.8 Å². The highest BCUT2D eigenvalue weighted by Crippen LogP contribution is 2.24. The quantitative estimate of drug-likeness (QED) is 0.842. The van der Waals surface area contributed by atoms with Gasteiger partial charge in [0, 0.05) is 12.4 Å². The Morgan fingerprint density at radius 1 is 1.05 bits per heavy atom. The minimum Gasteiger partial charge on any atom is -0.309 e. The molecule has 20 heavy (non-hydrogen) atoms. The molecule has 0 aliphatic carbocycles. The highest BCUT2D eigenvalue weighted by molar-refractivity contribution is 6.21. The molecule has 0 saturated heterocycles. The summed E-state index contributed by atoms with van der Waals surface area (Å²) in [5.41, 5.74) is 1.13. The zero-order valence-electron chi connectivity index (χ0n) is 10.5. The summed E-state index contributed by atoms with van der Waals surface area (Å²) in [7, 11) is 0. The van der Waals surface area contributed by atoms with Crippen molar-refractivity contribution in [1.82, 2.24) is 9.97 Å². The van der Waals surface area contributed by atoms with Crippen molar-refractivity contribution in [1.29, 1.82) is 0 Å². The number of ketones is 1. The molecule has 1 aliphatic rings. The van der Waals surface area contributed by atoms with E-state index in [9.17, 15) is 9.59 Å². The molecule has 5 nitrogen and oxygen atoms in total. The summed E-state index contributed by atoms with van der Waals surface area (Å²) in [5, 5.41) is 2.63. The first kappa shape index (κ1) is 12.2. The fourth-order valence-electron chi connectivity index (χ4n) is 2.03. The van der Waals surface area contributed by atoms with Crippen molar-refractivity contribution in [2.45, 2.75) is 0 Å². The first-order valence-corrected chi connectivity index (χ1v) is 6.15. The molecule has 98 valence electrons. The highest BCUT2D eigenvalue weighted by Gasteiger charge is 2.32. The second-order valence-electron chi connectivity index (χ2n) is 4.34. The third-order valence-corrected chi connectivity index (χ3v) is 3.03. The zero-order chi connectivity index (χ0) is 13.9. The van der Waals surface area contributed by atoms with E-state index in [2.05, 4.69) is 15.3 Å². The molecule has 2 aromatic heterocycles. The average Bonchev–Trinajstić information content (AvgIpc) is 2.48. The van der Waals surface area contributed by atoms with Crippen LogP contribution in [0.25, 0.3) is 6.08 Å². The van der Waals surface area contributed by atoms with Gasteiger partial charge in [-0.1, -0.05) is 12.1 Å². The molecule has 0 spiro atoms. The number of carbonyl (C=O) groups is 2. The molecule has 0 radical (unpaired) electrons. The minimum atomic E-state index is -0.839. The van der Waals surface area contributed by atoms with Gasteiger partial charge < -0.3 is 5.32 Å². The van der Waals surface area contributed by atoms with Crippen molar-refractivity contribution in [3.8, 4) is 0 Å². The molecule has 1 aliphatic heterocycles. The van der Waals surface area contributed by atoms with Gasteiger partial charge in [-0.25, -0.2) is 4.98 Å². The van der Waals surface area contributed by atoms with Gasteiger partial charge in [0.15, 0.2) is 5.78 Å². The fraction of sp³-hybridized carbons (Fsp3) is 0.0667. The number of Topliss-reactive ketones (excluding diaryl/α,β-unsaturated/α-hetero) is 1. The van der Waals surface area contributed by atoms with E-state index in [1.165, 1.54) is 6.20 Å². The minimum absolute atomic E-state index is 0.246. The van der Waals surface area contributed by atoms with Gasteiger partial charge in [0.1, 0.15) is 11.7 Å². The van der Waals surface area contributed by atoms with Crippen molar-refractivity contribution in [3.63, 3.8) is 0 Å². The summed E-state index contributed by atoms with van der Waals surface area (Å²) in [5.74, 6) is -1.13. The number of carbonyl (C=O) groups excluding carboxylic acids is 2. The van der Waals surface area contributed by atoms with E-state index in [1.54, 1.807) is 42.6 Å². The van der Waals surface area contributed by atoms with Gasteiger partial charge in [-0.3, -0.25) is 14.6 Å². The van der Waals surface area contributed by atoms with E-state index in [4.69, 9.17) is 0 Å². The van der Waals surface area contributed by atoms with Gasteiger partial charge in [0.2, 0.25) is 5.91 Å². The maximum absolute atomic E-state index is 12.3. The number of amides is 1. The Morgan fingerprint density at radius 2 is 1.90 bits per heavy atom. The van der Waals surface area contributed by atoms with E-state index in [-0.39, 0.29) is 11.7 Å². The molecule has 1 atom stereocenters. The molecule has 0 aromatic carbocycles. The van der Waals surface area contributed by atoms with Crippen LogP contribution in [0.1, 0.15) is 16.1 Å². The number of rotatable bonds is 2. The number of anilines is 1.